The molecule has 0 fully saturated rings. The standard InChI is InChI=1S/C20H12ClF2N3O2S2/c21-17-6-3-13(19-24-7-8-29-19)9-16(17)12-1-4-15(5-2-12)26-30(27,28)20-18(23)10-14(22)11-25-20/h1-11,26H. The zero-order valence-electron chi connectivity index (χ0n) is 15.0. The molecule has 0 aliphatic heterocycles. The van der Waals surface area contributed by atoms with Gasteiger partial charge < -0.3 is 0 Å². The lowest BCUT2D eigenvalue weighted by atomic mass is 10.0. The summed E-state index contributed by atoms with van der Waals surface area (Å²) in [5.74, 6) is -2.24. The van der Waals surface area contributed by atoms with Crippen molar-refractivity contribution in [1.82, 2.24) is 9.97 Å². The summed E-state index contributed by atoms with van der Waals surface area (Å²) in [7, 11) is -4.32. The van der Waals surface area contributed by atoms with Crippen LogP contribution in [0.5, 0.6) is 0 Å². The molecule has 0 saturated heterocycles. The third kappa shape index (κ3) is 4.18. The van der Waals surface area contributed by atoms with Crippen LogP contribution in [0.1, 0.15) is 0 Å². The average Bonchev–Trinajstić information content (AvgIpc) is 3.23. The lowest BCUT2D eigenvalue weighted by molar-refractivity contribution is 0.532. The average molecular weight is 464 g/mol. The van der Waals surface area contributed by atoms with Gasteiger partial charge in [-0.2, -0.15) is 8.42 Å². The van der Waals surface area contributed by atoms with Crippen LogP contribution < -0.4 is 4.72 Å². The van der Waals surface area contributed by atoms with Crippen LogP contribution in [0.25, 0.3) is 21.7 Å². The first-order valence-corrected chi connectivity index (χ1v) is 11.2. The molecule has 30 heavy (non-hydrogen) atoms. The van der Waals surface area contributed by atoms with Crippen LogP contribution >= 0.6 is 22.9 Å². The van der Waals surface area contributed by atoms with Crippen molar-refractivity contribution in [3.63, 3.8) is 0 Å². The number of rotatable bonds is 5. The summed E-state index contributed by atoms with van der Waals surface area (Å²) in [5, 5.41) is 2.38. The number of benzene rings is 2. The fraction of sp³-hybridized carbons (Fsp3) is 0. The third-order valence-corrected chi connectivity index (χ3v) is 6.59. The van der Waals surface area contributed by atoms with E-state index in [1.165, 1.54) is 23.5 Å². The van der Waals surface area contributed by atoms with E-state index in [1.54, 1.807) is 24.4 Å². The maximum absolute atomic E-state index is 13.8. The van der Waals surface area contributed by atoms with E-state index in [2.05, 4.69) is 14.7 Å². The van der Waals surface area contributed by atoms with Gasteiger partial charge in [-0.25, -0.2) is 18.7 Å². The normalized spacial score (nSPS) is 11.4. The van der Waals surface area contributed by atoms with E-state index in [1.807, 2.05) is 17.5 Å². The fourth-order valence-corrected chi connectivity index (χ4v) is 4.68. The van der Waals surface area contributed by atoms with Crippen molar-refractivity contribution in [2.45, 2.75) is 5.03 Å². The van der Waals surface area contributed by atoms with Gasteiger partial charge in [-0.05, 0) is 29.8 Å². The molecular weight excluding hydrogens is 452 g/mol. The second-order valence-electron chi connectivity index (χ2n) is 6.16. The molecule has 0 amide bonds. The van der Waals surface area contributed by atoms with Gasteiger partial charge in [0.05, 0.1) is 6.20 Å². The monoisotopic (exact) mass is 463 g/mol. The highest BCUT2D eigenvalue weighted by atomic mass is 35.5. The van der Waals surface area contributed by atoms with Crippen molar-refractivity contribution >= 4 is 38.6 Å². The van der Waals surface area contributed by atoms with Crippen molar-refractivity contribution in [3.05, 3.63) is 83.0 Å². The zero-order chi connectivity index (χ0) is 21.3. The molecule has 0 atom stereocenters. The molecular formula is C20H12ClF2N3O2S2. The number of anilines is 1. The van der Waals surface area contributed by atoms with Crippen LogP contribution in [0.4, 0.5) is 14.5 Å². The van der Waals surface area contributed by atoms with Crippen LogP contribution in [-0.4, -0.2) is 18.4 Å². The minimum atomic E-state index is -4.32. The molecule has 4 aromatic rings. The molecule has 5 nitrogen and oxygen atoms in total. The van der Waals surface area contributed by atoms with E-state index >= 15 is 0 Å². The predicted molar refractivity (Wildman–Crippen MR) is 113 cm³/mol. The van der Waals surface area contributed by atoms with Crippen LogP contribution in [0.2, 0.25) is 5.02 Å². The van der Waals surface area contributed by atoms with Gasteiger partial charge in [-0.1, -0.05) is 29.8 Å². The highest BCUT2D eigenvalue weighted by Gasteiger charge is 2.21. The van der Waals surface area contributed by atoms with Gasteiger partial charge in [0.2, 0.25) is 5.03 Å². The van der Waals surface area contributed by atoms with Gasteiger partial charge >= 0.3 is 0 Å². The van der Waals surface area contributed by atoms with E-state index in [0.29, 0.717) is 17.3 Å². The highest BCUT2D eigenvalue weighted by Crippen LogP contribution is 2.34. The lowest BCUT2D eigenvalue weighted by Gasteiger charge is -2.10. The molecule has 0 radical (unpaired) electrons. The lowest BCUT2D eigenvalue weighted by Crippen LogP contribution is -2.16. The zero-order valence-corrected chi connectivity index (χ0v) is 17.4. The maximum Gasteiger partial charge on any atom is 0.282 e. The van der Waals surface area contributed by atoms with E-state index in [4.69, 9.17) is 11.6 Å². The van der Waals surface area contributed by atoms with Crippen LogP contribution in [0, 0.1) is 11.6 Å². The third-order valence-electron chi connectivity index (χ3n) is 4.12. The fourth-order valence-electron chi connectivity index (χ4n) is 2.77. The SMILES string of the molecule is O=S(=O)(Nc1ccc(-c2cc(-c3nccs3)ccc2Cl)cc1)c1ncc(F)cc1F. The van der Waals surface area contributed by atoms with Crippen LogP contribution in [0.3, 0.4) is 0 Å². The first-order valence-electron chi connectivity index (χ1n) is 8.47. The molecule has 0 aliphatic carbocycles. The molecule has 2 aromatic heterocycles. The summed E-state index contributed by atoms with van der Waals surface area (Å²) in [5.41, 5.74) is 2.61. The molecule has 0 saturated carbocycles. The Kier molecular flexibility index (Phi) is 5.50. The smallest absolute Gasteiger partial charge is 0.278 e. The molecule has 2 heterocycles. The predicted octanol–water partition coefficient (Wildman–Crippen LogP) is 5.60. The first kappa shape index (κ1) is 20.4. The molecule has 2 aromatic carbocycles. The summed E-state index contributed by atoms with van der Waals surface area (Å²) in [6.45, 7) is 0. The highest BCUT2D eigenvalue weighted by molar-refractivity contribution is 7.92. The Bertz CT molecular complexity index is 1310. The van der Waals surface area contributed by atoms with E-state index in [0.717, 1.165) is 21.7 Å². The Morgan fingerprint density at radius 1 is 0.967 bits per heavy atom. The number of pyridine rings is 1. The number of nitrogens with one attached hydrogen (secondary N) is 1. The quantitative estimate of drug-likeness (QED) is 0.418. The van der Waals surface area contributed by atoms with Crippen molar-refractivity contribution in [3.8, 4) is 21.7 Å². The number of nitrogens with zero attached hydrogens (tertiary/aromatic N) is 2. The van der Waals surface area contributed by atoms with E-state index < -0.39 is 26.7 Å². The molecule has 0 unspecified atom stereocenters. The number of aromatic nitrogens is 2. The van der Waals surface area contributed by atoms with Gasteiger partial charge in [0, 0.05) is 39.5 Å². The van der Waals surface area contributed by atoms with Crippen LogP contribution in [0.15, 0.2) is 71.3 Å². The summed E-state index contributed by atoms with van der Waals surface area (Å²) in [6, 6.07) is 12.4. The summed E-state index contributed by atoms with van der Waals surface area (Å²) in [4.78, 5) is 7.62. The minimum absolute atomic E-state index is 0.191. The Labute approximate surface area is 180 Å². The van der Waals surface area contributed by atoms with Crippen molar-refractivity contribution in [2.24, 2.45) is 0 Å². The van der Waals surface area contributed by atoms with Gasteiger partial charge in [0.25, 0.3) is 10.0 Å². The number of hydrogen-bond donors (Lipinski definition) is 1. The van der Waals surface area contributed by atoms with Crippen LogP contribution in [-0.2, 0) is 10.0 Å². The molecule has 10 heteroatoms. The second kappa shape index (κ2) is 8.10. The van der Waals surface area contributed by atoms with Gasteiger partial charge in [0.15, 0.2) is 5.82 Å². The Morgan fingerprint density at radius 2 is 1.70 bits per heavy atom. The van der Waals surface area contributed by atoms with Crippen molar-refractivity contribution < 1.29 is 17.2 Å². The largest absolute Gasteiger partial charge is 0.282 e. The number of hydrogen-bond acceptors (Lipinski definition) is 5. The topological polar surface area (TPSA) is 72.0 Å². The minimum Gasteiger partial charge on any atom is -0.278 e. The Hall–Kier alpha value is -2.88. The maximum atomic E-state index is 13.8. The van der Waals surface area contributed by atoms with E-state index in [-0.39, 0.29) is 5.69 Å². The van der Waals surface area contributed by atoms with Gasteiger partial charge in [-0.3, -0.25) is 4.72 Å². The van der Waals surface area contributed by atoms with Crippen molar-refractivity contribution in [1.29, 1.82) is 0 Å². The number of thiazole rings is 1. The number of sulfonamides is 1. The Balaban J connectivity index is 1.61. The summed E-state index contributed by atoms with van der Waals surface area (Å²) >= 11 is 7.84. The summed E-state index contributed by atoms with van der Waals surface area (Å²) in [6.07, 6.45) is 2.35. The Morgan fingerprint density at radius 3 is 2.37 bits per heavy atom. The van der Waals surface area contributed by atoms with Gasteiger partial charge in [0.1, 0.15) is 10.8 Å². The molecule has 4 rings (SSSR count). The molecule has 152 valence electrons. The van der Waals surface area contributed by atoms with Gasteiger partial charge in [-0.15, -0.1) is 11.3 Å². The summed E-state index contributed by atoms with van der Waals surface area (Å²) < 4.78 is 53.7. The van der Waals surface area contributed by atoms with Crippen molar-refractivity contribution in [2.75, 3.05) is 4.72 Å². The number of halogens is 3. The first-order chi connectivity index (χ1) is 14.3. The molecule has 0 spiro atoms. The second-order valence-corrected chi connectivity index (χ2v) is 9.05. The molecule has 1 N–H and O–H groups in total. The molecule has 0 bridgehead atoms. The van der Waals surface area contributed by atoms with E-state index in [9.17, 15) is 17.2 Å². The molecule has 0 aliphatic rings.